The number of ether oxygens (including phenoxy) is 1. The van der Waals surface area contributed by atoms with Gasteiger partial charge in [0.1, 0.15) is 11.9 Å². The third-order valence-corrected chi connectivity index (χ3v) is 5.32. The number of nitrogens with zero attached hydrogens (tertiary/aromatic N) is 1. The summed E-state index contributed by atoms with van der Waals surface area (Å²) in [5.74, 6) is -1.18. The molecular formula is C24H30FN3O3. The molecule has 0 aliphatic carbocycles. The van der Waals surface area contributed by atoms with Crippen LogP contribution in [0.2, 0.25) is 0 Å². The van der Waals surface area contributed by atoms with Gasteiger partial charge in [-0.15, -0.1) is 0 Å². The van der Waals surface area contributed by atoms with E-state index >= 15 is 0 Å². The maximum Gasteiger partial charge on any atom is 0.251 e. The molecular weight excluding hydrogens is 397 g/mol. The van der Waals surface area contributed by atoms with E-state index in [0.717, 1.165) is 19.6 Å². The van der Waals surface area contributed by atoms with Crippen LogP contribution >= 0.6 is 0 Å². The number of amides is 2. The summed E-state index contributed by atoms with van der Waals surface area (Å²) in [7, 11) is 0. The van der Waals surface area contributed by atoms with Crippen molar-refractivity contribution in [1.82, 2.24) is 15.5 Å². The number of hydrogen-bond donors (Lipinski definition) is 2. The molecule has 2 N–H and O–H groups in total. The Kier molecular flexibility index (Phi) is 8.14. The molecule has 31 heavy (non-hydrogen) atoms. The molecule has 2 unspecified atom stereocenters. The Bertz CT molecular complexity index is 858. The lowest BCUT2D eigenvalue weighted by Crippen LogP contribution is -2.53. The Morgan fingerprint density at radius 2 is 1.84 bits per heavy atom. The van der Waals surface area contributed by atoms with Crippen molar-refractivity contribution in [2.75, 3.05) is 26.2 Å². The van der Waals surface area contributed by atoms with Crippen molar-refractivity contribution in [2.24, 2.45) is 5.92 Å². The van der Waals surface area contributed by atoms with Crippen LogP contribution < -0.4 is 10.6 Å². The van der Waals surface area contributed by atoms with Crippen molar-refractivity contribution >= 4 is 11.8 Å². The van der Waals surface area contributed by atoms with E-state index in [4.69, 9.17) is 4.74 Å². The molecule has 7 heteroatoms. The molecule has 3 rings (SSSR count). The molecule has 0 saturated carbocycles. The van der Waals surface area contributed by atoms with Crippen molar-refractivity contribution in [3.05, 3.63) is 71.5 Å². The fourth-order valence-corrected chi connectivity index (χ4v) is 3.57. The average Bonchev–Trinajstić information content (AvgIpc) is 2.77. The lowest BCUT2D eigenvalue weighted by atomic mass is 10.0. The zero-order valence-electron chi connectivity index (χ0n) is 18.0. The third-order valence-electron chi connectivity index (χ3n) is 5.32. The highest BCUT2D eigenvalue weighted by atomic mass is 19.1. The van der Waals surface area contributed by atoms with E-state index in [1.807, 2.05) is 32.0 Å². The Labute approximate surface area is 182 Å². The Morgan fingerprint density at radius 3 is 2.52 bits per heavy atom. The fourth-order valence-electron chi connectivity index (χ4n) is 3.57. The highest BCUT2D eigenvalue weighted by Gasteiger charge is 2.27. The van der Waals surface area contributed by atoms with Crippen molar-refractivity contribution in [3.63, 3.8) is 0 Å². The molecule has 1 fully saturated rings. The number of nitrogens with one attached hydrogen (secondary N) is 2. The van der Waals surface area contributed by atoms with E-state index in [1.54, 1.807) is 0 Å². The van der Waals surface area contributed by atoms with Crippen LogP contribution in [0.5, 0.6) is 0 Å². The summed E-state index contributed by atoms with van der Waals surface area (Å²) in [4.78, 5) is 27.5. The summed E-state index contributed by atoms with van der Waals surface area (Å²) in [6.07, 6.45) is -0.109. The van der Waals surface area contributed by atoms with Gasteiger partial charge in [0.05, 0.1) is 12.7 Å². The van der Waals surface area contributed by atoms with E-state index in [9.17, 15) is 14.0 Å². The van der Waals surface area contributed by atoms with Crippen LogP contribution in [0, 0.1) is 11.7 Å². The first-order chi connectivity index (χ1) is 14.9. The molecule has 2 amide bonds. The molecule has 1 aliphatic rings. The zero-order valence-corrected chi connectivity index (χ0v) is 18.0. The monoisotopic (exact) mass is 427 g/mol. The first-order valence-corrected chi connectivity index (χ1v) is 10.6. The number of hydrogen-bond acceptors (Lipinski definition) is 4. The topological polar surface area (TPSA) is 70.7 Å². The second kappa shape index (κ2) is 11.0. The van der Waals surface area contributed by atoms with Gasteiger partial charge in [0.25, 0.3) is 5.91 Å². The van der Waals surface area contributed by atoms with E-state index in [-0.39, 0.29) is 17.9 Å². The quantitative estimate of drug-likeness (QED) is 0.680. The Morgan fingerprint density at radius 1 is 1.13 bits per heavy atom. The van der Waals surface area contributed by atoms with E-state index in [0.29, 0.717) is 18.7 Å². The van der Waals surface area contributed by atoms with E-state index in [1.165, 1.54) is 29.8 Å². The molecule has 0 spiro atoms. The molecule has 6 nitrogen and oxygen atoms in total. The molecule has 1 heterocycles. The molecule has 1 aliphatic heterocycles. The van der Waals surface area contributed by atoms with Gasteiger partial charge >= 0.3 is 0 Å². The summed E-state index contributed by atoms with van der Waals surface area (Å²) >= 11 is 0. The van der Waals surface area contributed by atoms with Crippen molar-refractivity contribution < 1.29 is 18.7 Å². The summed E-state index contributed by atoms with van der Waals surface area (Å²) in [5.41, 5.74) is 1.56. The lowest BCUT2D eigenvalue weighted by molar-refractivity contribution is -0.125. The van der Waals surface area contributed by atoms with Gasteiger partial charge in [0, 0.05) is 31.7 Å². The molecule has 2 aromatic carbocycles. The van der Waals surface area contributed by atoms with Crippen molar-refractivity contribution in [3.8, 4) is 0 Å². The minimum absolute atomic E-state index is 0.105. The summed E-state index contributed by atoms with van der Waals surface area (Å²) in [5, 5.41) is 5.68. The molecule has 2 aromatic rings. The fraction of sp³-hybridized carbons (Fsp3) is 0.417. The van der Waals surface area contributed by atoms with Gasteiger partial charge < -0.3 is 15.4 Å². The number of halogens is 1. The van der Waals surface area contributed by atoms with Crippen LogP contribution in [-0.2, 0) is 16.1 Å². The first-order valence-electron chi connectivity index (χ1n) is 10.6. The van der Waals surface area contributed by atoms with Crippen molar-refractivity contribution in [2.45, 2.75) is 32.5 Å². The molecule has 0 bridgehead atoms. The van der Waals surface area contributed by atoms with Crippen LogP contribution in [-0.4, -0.2) is 55.1 Å². The summed E-state index contributed by atoms with van der Waals surface area (Å²) < 4.78 is 18.9. The number of carbonyl (C=O) groups excluding carboxylic acids is 2. The van der Waals surface area contributed by atoms with E-state index in [2.05, 4.69) is 27.7 Å². The zero-order chi connectivity index (χ0) is 22.2. The van der Waals surface area contributed by atoms with Gasteiger partial charge in [-0.1, -0.05) is 44.2 Å². The second-order valence-electron chi connectivity index (χ2n) is 8.16. The minimum Gasteiger partial charge on any atom is -0.374 e. The summed E-state index contributed by atoms with van der Waals surface area (Å²) in [6.45, 7) is 7.14. The molecule has 166 valence electrons. The van der Waals surface area contributed by atoms with Gasteiger partial charge in [0.2, 0.25) is 5.91 Å². The smallest absolute Gasteiger partial charge is 0.251 e. The maximum atomic E-state index is 13.1. The number of morpholine rings is 1. The van der Waals surface area contributed by atoms with Gasteiger partial charge in [0.15, 0.2) is 0 Å². The normalized spacial score (nSPS) is 17.9. The largest absolute Gasteiger partial charge is 0.374 e. The van der Waals surface area contributed by atoms with Crippen LogP contribution in [0.15, 0.2) is 54.6 Å². The van der Waals surface area contributed by atoms with Crippen LogP contribution in [0.25, 0.3) is 0 Å². The minimum atomic E-state index is -0.693. The van der Waals surface area contributed by atoms with Gasteiger partial charge in [-0.3, -0.25) is 14.5 Å². The first kappa shape index (κ1) is 22.9. The van der Waals surface area contributed by atoms with Crippen molar-refractivity contribution in [1.29, 1.82) is 0 Å². The average molecular weight is 428 g/mol. The summed E-state index contributed by atoms with van der Waals surface area (Å²) in [6, 6.07) is 14.8. The lowest BCUT2D eigenvalue weighted by Gasteiger charge is -2.33. The molecule has 0 aromatic heterocycles. The highest BCUT2D eigenvalue weighted by Crippen LogP contribution is 2.11. The Hall–Kier alpha value is -2.77. The third kappa shape index (κ3) is 6.87. The molecule has 1 saturated heterocycles. The van der Waals surface area contributed by atoms with E-state index < -0.39 is 17.8 Å². The predicted molar refractivity (Wildman–Crippen MR) is 117 cm³/mol. The predicted octanol–water partition coefficient (Wildman–Crippen LogP) is 2.60. The maximum absolute atomic E-state index is 13.1. The van der Waals surface area contributed by atoms with Crippen LogP contribution in [0.4, 0.5) is 4.39 Å². The number of carbonyl (C=O) groups is 2. The van der Waals surface area contributed by atoms with Gasteiger partial charge in [-0.2, -0.15) is 0 Å². The standard InChI is InChI=1S/C24H30FN3O3/c1-17(2)22(27-23(29)19-8-10-20(25)11-9-19)24(30)26-14-21-16-28(12-13-31-21)15-18-6-4-3-5-7-18/h3-11,17,21-22H,12-16H2,1-2H3,(H,26,30)(H,27,29). The van der Waals surface area contributed by atoms with Gasteiger partial charge in [-0.25, -0.2) is 4.39 Å². The SMILES string of the molecule is CC(C)C(NC(=O)c1ccc(F)cc1)C(=O)NCC1CN(Cc2ccccc2)CCO1. The molecule has 0 radical (unpaired) electrons. The highest BCUT2D eigenvalue weighted by molar-refractivity contribution is 5.97. The number of rotatable bonds is 8. The Balaban J connectivity index is 1.51. The van der Waals surface area contributed by atoms with Crippen LogP contribution in [0.3, 0.4) is 0 Å². The number of benzene rings is 2. The van der Waals surface area contributed by atoms with Crippen LogP contribution in [0.1, 0.15) is 29.8 Å². The second-order valence-corrected chi connectivity index (χ2v) is 8.16. The molecule has 2 atom stereocenters. The van der Waals surface area contributed by atoms with Gasteiger partial charge in [-0.05, 0) is 35.7 Å².